The third kappa shape index (κ3) is 3.64. The van der Waals surface area contributed by atoms with Gasteiger partial charge < -0.3 is 10.4 Å². The summed E-state index contributed by atoms with van der Waals surface area (Å²) < 4.78 is 0. The van der Waals surface area contributed by atoms with Crippen LogP contribution in [0.5, 0.6) is 0 Å². The van der Waals surface area contributed by atoms with Crippen LogP contribution in [0.4, 0.5) is 5.69 Å². The minimum Gasteiger partial charge on any atom is -0.386 e. The molecule has 0 saturated carbocycles. The molecule has 1 amide bonds. The fourth-order valence-electron chi connectivity index (χ4n) is 1.16. The van der Waals surface area contributed by atoms with Crippen LogP contribution in [0.25, 0.3) is 0 Å². The van der Waals surface area contributed by atoms with Crippen molar-refractivity contribution in [2.75, 3.05) is 10.6 Å². The molecule has 4 heteroatoms. The number of carbonyl (C=O) groups excluding carboxylic acids is 1. The van der Waals surface area contributed by atoms with Crippen LogP contribution in [0, 0.1) is 0 Å². The summed E-state index contributed by atoms with van der Waals surface area (Å²) in [6.45, 7) is 3.44. The Kier molecular flexibility index (Phi) is 3.88. The second kappa shape index (κ2) is 4.77. The van der Waals surface area contributed by atoms with Gasteiger partial charge in [0.25, 0.3) is 0 Å². The van der Waals surface area contributed by atoms with Crippen molar-refractivity contribution in [3.05, 3.63) is 29.8 Å². The summed E-state index contributed by atoms with van der Waals surface area (Å²) in [5.74, 6) is -0.0917. The number of hydrogen-bond donors (Lipinski definition) is 2. The molecule has 1 rings (SSSR count). The molecule has 0 unspecified atom stereocenters. The van der Waals surface area contributed by atoms with Crippen LogP contribution in [0.1, 0.15) is 19.4 Å². The second-order valence-corrected chi connectivity index (χ2v) is 4.38. The number of hydrogen-bond acceptors (Lipinski definition) is 2. The highest BCUT2D eigenvalue weighted by Gasteiger charge is 2.15. The molecule has 0 radical (unpaired) electrons. The lowest BCUT2D eigenvalue weighted by molar-refractivity contribution is -0.113. The smallest absolute Gasteiger partial charge is 0.235 e. The normalized spacial score (nSPS) is 11.2. The molecule has 2 N–H and O–H groups in total. The summed E-state index contributed by atoms with van der Waals surface area (Å²) in [4.78, 5) is 11.1. The van der Waals surface area contributed by atoms with Gasteiger partial charge in [0.2, 0.25) is 5.91 Å². The van der Waals surface area contributed by atoms with Crippen LogP contribution in [0.2, 0.25) is 0 Å². The van der Waals surface area contributed by atoms with E-state index in [1.807, 2.05) is 0 Å². The maximum Gasteiger partial charge on any atom is 0.235 e. The van der Waals surface area contributed by atoms with Gasteiger partial charge >= 0.3 is 0 Å². The average molecular weight is 272 g/mol. The van der Waals surface area contributed by atoms with E-state index in [4.69, 9.17) is 0 Å². The van der Waals surface area contributed by atoms with E-state index in [2.05, 4.69) is 21.2 Å². The van der Waals surface area contributed by atoms with Gasteiger partial charge in [-0.3, -0.25) is 4.79 Å². The van der Waals surface area contributed by atoms with Gasteiger partial charge in [0.05, 0.1) is 10.9 Å². The summed E-state index contributed by atoms with van der Waals surface area (Å²) in [7, 11) is 0. The minimum atomic E-state index is -0.849. The van der Waals surface area contributed by atoms with E-state index < -0.39 is 5.60 Å². The van der Waals surface area contributed by atoms with Crippen LogP contribution < -0.4 is 5.32 Å². The van der Waals surface area contributed by atoms with Gasteiger partial charge in [-0.1, -0.05) is 28.1 Å². The Morgan fingerprint density at radius 3 is 2.33 bits per heavy atom. The molecule has 82 valence electrons. The van der Waals surface area contributed by atoms with Crippen molar-refractivity contribution in [3.8, 4) is 0 Å². The van der Waals surface area contributed by atoms with Gasteiger partial charge in [-0.2, -0.15) is 0 Å². The maximum absolute atomic E-state index is 11.1. The molecular weight excluding hydrogens is 258 g/mol. The van der Waals surface area contributed by atoms with Crippen molar-refractivity contribution in [2.24, 2.45) is 0 Å². The first kappa shape index (κ1) is 12.2. The standard InChI is InChI=1S/C11H14BrNO2/c1-11(2,15)8-3-5-9(6-4-8)13-10(14)7-12/h3-6,15H,7H2,1-2H3,(H,13,14). The van der Waals surface area contributed by atoms with Gasteiger partial charge in [0, 0.05) is 5.69 Å². The number of aliphatic hydroxyl groups is 1. The average Bonchev–Trinajstić information content (AvgIpc) is 2.17. The predicted octanol–water partition coefficient (Wildman–Crippen LogP) is 2.25. The van der Waals surface area contributed by atoms with Gasteiger partial charge in [-0.05, 0) is 31.5 Å². The molecule has 0 aromatic heterocycles. The Morgan fingerprint density at radius 1 is 1.40 bits per heavy atom. The monoisotopic (exact) mass is 271 g/mol. The van der Waals surface area contributed by atoms with Gasteiger partial charge in [0.1, 0.15) is 0 Å². The molecule has 0 aliphatic heterocycles. The number of rotatable bonds is 3. The Bertz CT molecular complexity index is 341. The second-order valence-electron chi connectivity index (χ2n) is 3.82. The van der Waals surface area contributed by atoms with Crippen LogP contribution in [0.3, 0.4) is 0 Å². The zero-order valence-corrected chi connectivity index (χ0v) is 10.3. The Morgan fingerprint density at radius 2 is 1.93 bits per heavy atom. The Labute approximate surface area is 97.6 Å². The fraction of sp³-hybridized carbons (Fsp3) is 0.364. The number of carbonyl (C=O) groups is 1. The van der Waals surface area contributed by atoms with Gasteiger partial charge in [-0.15, -0.1) is 0 Å². The molecule has 1 aromatic carbocycles. The van der Waals surface area contributed by atoms with Crippen molar-refractivity contribution < 1.29 is 9.90 Å². The highest BCUT2D eigenvalue weighted by Crippen LogP contribution is 2.21. The van der Waals surface area contributed by atoms with E-state index in [1.54, 1.807) is 38.1 Å². The first-order chi connectivity index (χ1) is 6.93. The quantitative estimate of drug-likeness (QED) is 0.829. The van der Waals surface area contributed by atoms with E-state index in [9.17, 15) is 9.90 Å². The molecule has 0 fully saturated rings. The fourth-order valence-corrected chi connectivity index (χ4v) is 1.30. The molecule has 1 aromatic rings. The van der Waals surface area contributed by atoms with Crippen LogP contribution in [-0.2, 0) is 10.4 Å². The van der Waals surface area contributed by atoms with E-state index in [0.29, 0.717) is 0 Å². The number of amides is 1. The molecular formula is C11H14BrNO2. The molecule has 3 nitrogen and oxygen atoms in total. The number of alkyl halides is 1. The Balaban J connectivity index is 2.77. The molecule has 0 bridgehead atoms. The first-order valence-electron chi connectivity index (χ1n) is 4.62. The summed E-state index contributed by atoms with van der Waals surface area (Å²) in [5.41, 5.74) is 0.699. The predicted molar refractivity (Wildman–Crippen MR) is 64.1 cm³/mol. The van der Waals surface area contributed by atoms with Crippen molar-refractivity contribution >= 4 is 27.5 Å². The van der Waals surface area contributed by atoms with E-state index in [1.165, 1.54) is 0 Å². The molecule has 0 aliphatic rings. The van der Waals surface area contributed by atoms with Crippen molar-refractivity contribution in [1.29, 1.82) is 0 Å². The van der Waals surface area contributed by atoms with Crippen LogP contribution >= 0.6 is 15.9 Å². The lowest BCUT2D eigenvalue weighted by atomic mass is 9.98. The summed E-state index contributed by atoms with van der Waals surface area (Å²) in [6.07, 6.45) is 0. The first-order valence-corrected chi connectivity index (χ1v) is 5.74. The zero-order chi connectivity index (χ0) is 11.5. The molecule has 0 heterocycles. The molecule has 0 saturated heterocycles. The lowest BCUT2D eigenvalue weighted by Crippen LogP contribution is -2.16. The highest BCUT2D eigenvalue weighted by molar-refractivity contribution is 9.09. The van der Waals surface area contributed by atoms with E-state index in [0.717, 1.165) is 11.3 Å². The number of benzene rings is 1. The summed E-state index contributed by atoms with van der Waals surface area (Å²) in [6, 6.07) is 7.13. The van der Waals surface area contributed by atoms with Crippen LogP contribution in [-0.4, -0.2) is 16.3 Å². The van der Waals surface area contributed by atoms with Crippen molar-refractivity contribution in [1.82, 2.24) is 0 Å². The largest absolute Gasteiger partial charge is 0.386 e. The number of halogens is 1. The summed E-state index contributed by atoms with van der Waals surface area (Å²) in [5, 5.41) is 12.7. The van der Waals surface area contributed by atoms with Gasteiger partial charge in [0.15, 0.2) is 0 Å². The maximum atomic E-state index is 11.1. The van der Waals surface area contributed by atoms with Gasteiger partial charge in [-0.25, -0.2) is 0 Å². The lowest BCUT2D eigenvalue weighted by Gasteiger charge is -2.17. The van der Waals surface area contributed by atoms with Crippen LogP contribution in [0.15, 0.2) is 24.3 Å². The number of anilines is 1. The van der Waals surface area contributed by atoms with E-state index >= 15 is 0 Å². The van der Waals surface area contributed by atoms with E-state index in [-0.39, 0.29) is 11.2 Å². The molecule has 0 aliphatic carbocycles. The zero-order valence-electron chi connectivity index (χ0n) is 8.75. The minimum absolute atomic E-state index is 0.0917. The highest BCUT2D eigenvalue weighted by atomic mass is 79.9. The van der Waals surface area contributed by atoms with Crippen molar-refractivity contribution in [3.63, 3.8) is 0 Å². The topological polar surface area (TPSA) is 49.3 Å². The summed E-state index contributed by atoms with van der Waals surface area (Å²) >= 11 is 3.07. The third-order valence-electron chi connectivity index (χ3n) is 2.00. The molecule has 0 spiro atoms. The molecule has 0 atom stereocenters. The third-order valence-corrected chi connectivity index (χ3v) is 2.51. The SMILES string of the molecule is CC(C)(O)c1ccc(NC(=O)CBr)cc1. The molecule has 15 heavy (non-hydrogen) atoms. The Hall–Kier alpha value is -0.870. The van der Waals surface area contributed by atoms with Crippen molar-refractivity contribution in [2.45, 2.75) is 19.4 Å². The number of nitrogens with one attached hydrogen (secondary N) is 1.